The Hall–Kier alpha value is -2.87. The molecular weight excluding hydrogens is 314 g/mol. The first kappa shape index (κ1) is 17.0. The predicted octanol–water partition coefficient (Wildman–Crippen LogP) is 3.47. The monoisotopic (exact) mass is 335 g/mol. The number of carbonyl (C=O) groups excluding carboxylic acids is 1. The molecule has 1 aromatic heterocycles. The van der Waals surface area contributed by atoms with Crippen molar-refractivity contribution in [3.63, 3.8) is 0 Å². The molecule has 1 aromatic carbocycles. The fourth-order valence-electron chi connectivity index (χ4n) is 2.90. The van der Waals surface area contributed by atoms with Gasteiger partial charge >= 0.3 is 0 Å². The number of benzene rings is 1. The number of hydrogen-bond donors (Lipinski definition) is 0. The molecule has 2 unspecified atom stereocenters. The molecule has 3 rings (SSSR count). The Bertz CT molecular complexity index is 764. The summed E-state index contributed by atoms with van der Waals surface area (Å²) in [5.41, 5.74) is 1.59. The van der Waals surface area contributed by atoms with Gasteiger partial charge < -0.3 is 9.64 Å². The third-order valence-electron chi connectivity index (χ3n) is 4.42. The molecule has 1 fully saturated rings. The van der Waals surface area contributed by atoms with E-state index in [0.717, 1.165) is 18.4 Å². The molecule has 0 bridgehead atoms. The van der Waals surface area contributed by atoms with Crippen LogP contribution in [-0.2, 0) is 4.79 Å². The lowest BCUT2D eigenvalue weighted by Crippen LogP contribution is -2.43. The Kier molecular flexibility index (Phi) is 4.99. The van der Waals surface area contributed by atoms with Gasteiger partial charge in [0.1, 0.15) is 5.75 Å². The highest BCUT2D eigenvalue weighted by atomic mass is 16.5. The topological polar surface area (TPSA) is 66.2 Å². The third kappa shape index (κ3) is 3.97. The van der Waals surface area contributed by atoms with Gasteiger partial charge in [-0.05, 0) is 62.6 Å². The van der Waals surface area contributed by atoms with E-state index < -0.39 is 6.10 Å². The minimum atomic E-state index is -0.590. The van der Waals surface area contributed by atoms with E-state index in [4.69, 9.17) is 10.00 Å². The number of amides is 1. The summed E-state index contributed by atoms with van der Waals surface area (Å²) in [6.07, 6.45) is 5.00. The molecule has 0 aliphatic heterocycles. The summed E-state index contributed by atoms with van der Waals surface area (Å²) < 4.78 is 5.80. The molecule has 1 aliphatic carbocycles. The van der Waals surface area contributed by atoms with Crippen molar-refractivity contribution in [1.82, 2.24) is 9.88 Å². The maximum absolute atomic E-state index is 13.0. The summed E-state index contributed by atoms with van der Waals surface area (Å²) in [5, 5.41) is 8.85. The van der Waals surface area contributed by atoms with Gasteiger partial charge in [0, 0.05) is 18.4 Å². The third-order valence-corrected chi connectivity index (χ3v) is 4.42. The molecular formula is C20H21N3O2. The summed E-state index contributed by atoms with van der Waals surface area (Å²) in [7, 11) is 0. The van der Waals surface area contributed by atoms with E-state index in [9.17, 15) is 4.79 Å². The molecule has 0 radical (unpaired) electrons. The van der Waals surface area contributed by atoms with E-state index in [1.807, 2.05) is 24.0 Å². The number of ether oxygens (including phenoxy) is 1. The van der Waals surface area contributed by atoms with Crippen LogP contribution in [0.5, 0.6) is 5.75 Å². The molecule has 5 heteroatoms. The highest BCUT2D eigenvalue weighted by molar-refractivity contribution is 5.82. The maximum atomic E-state index is 13.0. The van der Waals surface area contributed by atoms with Gasteiger partial charge in [-0.15, -0.1) is 0 Å². The zero-order valence-electron chi connectivity index (χ0n) is 14.4. The van der Waals surface area contributed by atoms with Crippen LogP contribution >= 0.6 is 0 Å². The lowest BCUT2D eigenvalue weighted by molar-refractivity contribution is -0.141. The summed E-state index contributed by atoms with van der Waals surface area (Å²) in [5.74, 6) is 0.563. The molecule has 0 N–H and O–H groups in total. The quantitative estimate of drug-likeness (QED) is 0.811. The number of aromatic nitrogens is 1. The maximum Gasteiger partial charge on any atom is 0.264 e. The standard InChI is InChI=1S/C20H21N3O2/c1-14(17-4-3-11-22-13-17)23(18-7-8-18)20(24)15(2)25-19-9-5-16(12-21)6-10-19/h3-6,9-11,13-15,18H,7-8H2,1-2H3. The van der Waals surface area contributed by atoms with Crippen molar-refractivity contribution in [2.45, 2.75) is 44.9 Å². The number of pyridine rings is 1. The molecule has 25 heavy (non-hydrogen) atoms. The average Bonchev–Trinajstić information content (AvgIpc) is 3.48. The molecule has 0 spiro atoms. The van der Waals surface area contributed by atoms with Crippen molar-refractivity contribution >= 4 is 5.91 Å². The first-order chi connectivity index (χ1) is 12.1. The summed E-state index contributed by atoms with van der Waals surface area (Å²) in [6, 6.07) is 13.0. The molecule has 1 saturated carbocycles. The highest BCUT2D eigenvalue weighted by Gasteiger charge is 2.38. The van der Waals surface area contributed by atoms with Gasteiger partial charge in [-0.2, -0.15) is 5.26 Å². The van der Waals surface area contributed by atoms with Gasteiger partial charge in [-0.25, -0.2) is 0 Å². The summed E-state index contributed by atoms with van der Waals surface area (Å²) in [6.45, 7) is 3.80. The van der Waals surface area contributed by atoms with Gasteiger partial charge in [-0.1, -0.05) is 6.07 Å². The van der Waals surface area contributed by atoms with Crippen molar-refractivity contribution in [2.75, 3.05) is 0 Å². The zero-order chi connectivity index (χ0) is 17.8. The SMILES string of the molecule is CC(Oc1ccc(C#N)cc1)C(=O)N(C1CC1)C(C)c1cccnc1. The molecule has 1 amide bonds. The number of nitriles is 1. The van der Waals surface area contributed by atoms with Gasteiger partial charge in [0.25, 0.3) is 5.91 Å². The Morgan fingerprint density at radius 3 is 2.56 bits per heavy atom. The second-order valence-electron chi connectivity index (χ2n) is 6.34. The Balaban J connectivity index is 1.72. The van der Waals surface area contributed by atoms with Crippen LogP contribution < -0.4 is 4.74 Å². The van der Waals surface area contributed by atoms with Crippen LogP contribution in [0.2, 0.25) is 0 Å². The van der Waals surface area contributed by atoms with Crippen LogP contribution in [0.4, 0.5) is 0 Å². The van der Waals surface area contributed by atoms with Crippen LogP contribution in [-0.4, -0.2) is 27.9 Å². The normalized spacial score (nSPS) is 15.7. The molecule has 128 valence electrons. The second kappa shape index (κ2) is 7.35. The van der Waals surface area contributed by atoms with Gasteiger partial charge in [0.05, 0.1) is 17.7 Å². The molecule has 1 aliphatic rings. The van der Waals surface area contributed by atoms with E-state index >= 15 is 0 Å². The van der Waals surface area contributed by atoms with Crippen LogP contribution in [0, 0.1) is 11.3 Å². The number of nitrogens with zero attached hydrogens (tertiary/aromatic N) is 3. The lowest BCUT2D eigenvalue weighted by Gasteiger charge is -2.32. The zero-order valence-corrected chi connectivity index (χ0v) is 14.4. The Morgan fingerprint density at radius 1 is 1.28 bits per heavy atom. The van der Waals surface area contributed by atoms with E-state index in [0.29, 0.717) is 11.3 Å². The molecule has 5 nitrogen and oxygen atoms in total. The van der Waals surface area contributed by atoms with Crippen LogP contribution in [0.1, 0.15) is 43.9 Å². The van der Waals surface area contributed by atoms with Crippen LogP contribution in [0.3, 0.4) is 0 Å². The molecule has 1 heterocycles. The van der Waals surface area contributed by atoms with Crippen molar-refractivity contribution < 1.29 is 9.53 Å². The molecule has 2 aromatic rings. The van der Waals surface area contributed by atoms with E-state index in [2.05, 4.69) is 11.1 Å². The van der Waals surface area contributed by atoms with Crippen molar-refractivity contribution in [2.24, 2.45) is 0 Å². The van der Waals surface area contributed by atoms with Crippen LogP contribution in [0.25, 0.3) is 0 Å². The highest BCUT2D eigenvalue weighted by Crippen LogP contribution is 2.35. The second-order valence-corrected chi connectivity index (χ2v) is 6.34. The average molecular weight is 335 g/mol. The van der Waals surface area contributed by atoms with E-state index in [1.54, 1.807) is 43.6 Å². The van der Waals surface area contributed by atoms with Gasteiger partial charge in [0.15, 0.2) is 6.10 Å². The molecule has 2 atom stereocenters. The van der Waals surface area contributed by atoms with Gasteiger partial charge in [-0.3, -0.25) is 9.78 Å². The van der Waals surface area contributed by atoms with Crippen LogP contribution in [0.15, 0.2) is 48.8 Å². The smallest absolute Gasteiger partial charge is 0.264 e. The fraction of sp³-hybridized carbons (Fsp3) is 0.350. The van der Waals surface area contributed by atoms with E-state index in [-0.39, 0.29) is 18.0 Å². The van der Waals surface area contributed by atoms with Crippen molar-refractivity contribution in [1.29, 1.82) is 5.26 Å². The minimum Gasteiger partial charge on any atom is -0.481 e. The number of hydrogen-bond acceptors (Lipinski definition) is 4. The van der Waals surface area contributed by atoms with E-state index in [1.165, 1.54) is 0 Å². The predicted molar refractivity (Wildman–Crippen MR) is 93.8 cm³/mol. The summed E-state index contributed by atoms with van der Waals surface area (Å²) in [4.78, 5) is 19.1. The largest absolute Gasteiger partial charge is 0.481 e. The first-order valence-corrected chi connectivity index (χ1v) is 8.49. The fourth-order valence-corrected chi connectivity index (χ4v) is 2.90. The first-order valence-electron chi connectivity index (χ1n) is 8.49. The van der Waals surface area contributed by atoms with Crippen molar-refractivity contribution in [3.8, 4) is 11.8 Å². The minimum absolute atomic E-state index is 0.0248. The Labute approximate surface area is 147 Å². The molecule has 0 saturated heterocycles. The lowest BCUT2D eigenvalue weighted by atomic mass is 10.1. The number of carbonyl (C=O) groups is 1. The Morgan fingerprint density at radius 2 is 2.00 bits per heavy atom. The summed E-state index contributed by atoms with van der Waals surface area (Å²) >= 11 is 0. The van der Waals surface area contributed by atoms with Crippen molar-refractivity contribution in [3.05, 3.63) is 59.9 Å². The van der Waals surface area contributed by atoms with Gasteiger partial charge in [0.2, 0.25) is 0 Å². The number of rotatable bonds is 6.